The third-order valence-electron chi connectivity index (χ3n) is 2.03. The van der Waals surface area contributed by atoms with Crippen LogP contribution in [0.25, 0.3) is 0 Å². The summed E-state index contributed by atoms with van der Waals surface area (Å²) in [5.41, 5.74) is 1.01. The van der Waals surface area contributed by atoms with Crippen molar-refractivity contribution in [3.05, 3.63) is 24.3 Å². The van der Waals surface area contributed by atoms with Crippen molar-refractivity contribution in [1.29, 1.82) is 0 Å². The maximum atomic E-state index is 5.07. The van der Waals surface area contributed by atoms with Gasteiger partial charge in [0.15, 0.2) is 5.96 Å². The van der Waals surface area contributed by atoms with Crippen molar-refractivity contribution < 1.29 is 4.74 Å². The second-order valence-electron chi connectivity index (χ2n) is 3.01. The Labute approximate surface area is 106 Å². The summed E-state index contributed by atoms with van der Waals surface area (Å²) in [6.45, 7) is 1.76. The Balaban J connectivity index is 0.00000112. The van der Waals surface area contributed by atoms with Gasteiger partial charge >= 0.3 is 0 Å². The van der Waals surface area contributed by atoms with Crippen molar-refractivity contribution in [2.24, 2.45) is 4.99 Å². The zero-order chi connectivity index (χ0) is 9.80. The Morgan fingerprint density at radius 2 is 2.07 bits per heavy atom. The van der Waals surface area contributed by atoms with E-state index in [-0.39, 0.29) is 24.0 Å². The molecule has 0 radical (unpaired) electrons. The molecule has 82 valence electrons. The van der Waals surface area contributed by atoms with Gasteiger partial charge in [-0.25, -0.2) is 0 Å². The summed E-state index contributed by atoms with van der Waals surface area (Å²) in [7, 11) is 1.66. The van der Waals surface area contributed by atoms with Crippen molar-refractivity contribution in [1.82, 2.24) is 5.32 Å². The third kappa shape index (κ3) is 3.26. The number of nitrogens with zero attached hydrogens (tertiary/aromatic N) is 1. The van der Waals surface area contributed by atoms with Gasteiger partial charge < -0.3 is 15.4 Å². The number of guanidine groups is 1. The quantitative estimate of drug-likeness (QED) is 0.816. The van der Waals surface area contributed by atoms with Crippen LogP contribution in [0.1, 0.15) is 0 Å². The molecule has 0 aliphatic carbocycles. The Bertz CT molecular complexity index is 337. The highest BCUT2D eigenvalue weighted by Crippen LogP contribution is 2.14. The second kappa shape index (κ2) is 5.79. The number of nitrogens with one attached hydrogen (secondary N) is 2. The van der Waals surface area contributed by atoms with Crippen molar-refractivity contribution >= 4 is 35.6 Å². The molecule has 1 heterocycles. The fourth-order valence-corrected chi connectivity index (χ4v) is 1.29. The van der Waals surface area contributed by atoms with Gasteiger partial charge in [0.05, 0.1) is 13.7 Å². The lowest BCUT2D eigenvalue weighted by atomic mass is 10.3. The predicted octanol–water partition coefficient (Wildman–Crippen LogP) is 1.68. The van der Waals surface area contributed by atoms with E-state index in [2.05, 4.69) is 15.6 Å². The monoisotopic (exact) mass is 319 g/mol. The molecule has 1 aliphatic rings. The van der Waals surface area contributed by atoms with Crippen LogP contribution in [0.4, 0.5) is 5.69 Å². The largest absolute Gasteiger partial charge is 0.497 e. The molecule has 2 rings (SSSR count). The number of hydrogen-bond acceptors (Lipinski definition) is 4. The highest BCUT2D eigenvalue weighted by atomic mass is 127. The van der Waals surface area contributed by atoms with Crippen molar-refractivity contribution in [3.8, 4) is 5.75 Å². The van der Waals surface area contributed by atoms with Gasteiger partial charge in [-0.1, -0.05) is 0 Å². The van der Waals surface area contributed by atoms with Gasteiger partial charge in [-0.05, 0) is 24.3 Å². The summed E-state index contributed by atoms with van der Waals surface area (Å²) >= 11 is 0. The van der Waals surface area contributed by atoms with Crippen LogP contribution in [0.5, 0.6) is 5.75 Å². The smallest absolute Gasteiger partial charge is 0.195 e. The second-order valence-corrected chi connectivity index (χ2v) is 3.01. The minimum absolute atomic E-state index is 0. The third-order valence-corrected chi connectivity index (χ3v) is 2.03. The molecule has 2 N–H and O–H groups in total. The Kier molecular flexibility index (Phi) is 4.67. The summed E-state index contributed by atoms with van der Waals surface area (Å²) in [4.78, 5) is 4.24. The summed E-state index contributed by atoms with van der Waals surface area (Å²) in [6.07, 6.45) is 0. The number of rotatable bonds is 2. The number of methoxy groups -OCH3 is 1. The van der Waals surface area contributed by atoms with E-state index in [4.69, 9.17) is 4.74 Å². The van der Waals surface area contributed by atoms with E-state index in [1.807, 2.05) is 24.3 Å². The summed E-state index contributed by atoms with van der Waals surface area (Å²) in [5, 5.41) is 6.32. The first kappa shape index (κ1) is 12.1. The maximum Gasteiger partial charge on any atom is 0.195 e. The zero-order valence-corrected chi connectivity index (χ0v) is 10.8. The van der Waals surface area contributed by atoms with Gasteiger partial charge in [0.25, 0.3) is 0 Å². The average Bonchev–Trinajstić information content (AvgIpc) is 2.72. The molecular formula is C10H14IN3O. The highest BCUT2D eigenvalue weighted by molar-refractivity contribution is 14.0. The number of hydrogen-bond donors (Lipinski definition) is 2. The summed E-state index contributed by atoms with van der Waals surface area (Å²) < 4.78 is 5.07. The molecule has 0 atom stereocenters. The van der Waals surface area contributed by atoms with Gasteiger partial charge in [-0.3, -0.25) is 4.99 Å². The first-order valence-electron chi connectivity index (χ1n) is 4.58. The normalized spacial score (nSPS) is 13.5. The summed E-state index contributed by atoms with van der Waals surface area (Å²) in [5.74, 6) is 1.70. The molecule has 0 fully saturated rings. The van der Waals surface area contributed by atoms with E-state index >= 15 is 0 Å². The molecule has 1 aromatic rings. The van der Waals surface area contributed by atoms with Gasteiger partial charge in [0.2, 0.25) is 0 Å². The molecule has 0 saturated carbocycles. The molecule has 15 heavy (non-hydrogen) atoms. The number of aliphatic imine (C=N–C) groups is 1. The van der Waals surface area contributed by atoms with Crippen LogP contribution < -0.4 is 15.4 Å². The van der Waals surface area contributed by atoms with E-state index in [9.17, 15) is 0 Å². The molecule has 1 aromatic carbocycles. The minimum atomic E-state index is 0. The first-order valence-corrected chi connectivity index (χ1v) is 4.58. The van der Waals surface area contributed by atoms with Crippen LogP contribution >= 0.6 is 24.0 Å². The van der Waals surface area contributed by atoms with Gasteiger partial charge in [-0.2, -0.15) is 0 Å². The molecule has 5 heteroatoms. The van der Waals surface area contributed by atoms with Gasteiger partial charge in [-0.15, -0.1) is 24.0 Å². The van der Waals surface area contributed by atoms with E-state index in [1.54, 1.807) is 7.11 Å². The molecular weight excluding hydrogens is 305 g/mol. The topological polar surface area (TPSA) is 45.6 Å². The van der Waals surface area contributed by atoms with E-state index in [0.29, 0.717) is 0 Å². The lowest BCUT2D eigenvalue weighted by Crippen LogP contribution is -2.26. The van der Waals surface area contributed by atoms with Crippen LogP contribution in [0.3, 0.4) is 0 Å². The standard InChI is InChI=1S/C10H13N3O.HI/c1-14-9-4-2-8(3-5-9)13-10-11-6-7-12-10;/h2-5H,6-7H2,1H3,(H2,11,12,13);1H. The lowest BCUT2D eigenvalue weighted by molar-refractivity contribution is 0.415. The van der Waals surface area contributed by atoms with E-state index in [0.717, 1.165) is 30.5 Å². The molecule has 0 unspecified atom stereocenters. The number of benzene rings is 1. The van der Waals surface area contributed by atoms with Crippen LogP contribution in [0, 0.1) is 0 Å². The predicted molar refractivity (Wildman–Crippen MR) is 72.3 cm³/mol. The maximum absolute atomic E-state index is 5.07. The fraction of sp³-hybridized carbons (Fsp3) is 0.300. The van der Waals surface area contributed by atoms with Gasteiger partial charge in [0.1, 0.15) is 5.75 Å². The highest BCUT2D eigenvalue weighted by Gasteiger charge is 2.03. The molecule has 4 nitrogen and oxygen atoms in total. The van der Waals surface area contributed by atoms with Crippen LogP contribution in [-0.4, -0.2) is 26.2 Å². The number of halogens is 1. The molecule has 1 aliphatic heterocycles. The minimum Gasteiger partial charge on any atom is -0.497 e. The van der Waals surface area contributed by atoms with Crippen molar-refractivity contribution in [2.45, 2.75) is 0 Å². The van der Waals surface area contributed by atoms with Crippen molar-refractivity contribution in [3.63, 3.8) is 0 Å². The number of anilines is 1. The lowest BCUT2D eigenvalue weighted by Gasteiger charge is -2.06. The van der Waals surface area contributed by atoms with Crippen LogP contribution in [0.15, 0.2) is 29.3 Å². The zero-order valence-electron chi connectivity index (χ0n) is 8.49. The summed E-state index contributed by atoms with van der Waals surface area (Å²) in [6, 6.07) is 7.75. The Morgan fingerprint density at radius 1 is 1.33 bits per heavy atom. The molecule has 0 spiro atoms. The van der Waals surface area contributed by atoms with Crippen molar-refractivity contribution in [2.75, 3.05) is 25.5 Å². The van der Waals surface area contributed by atoms with Crippen LogP contribution in [-0.2, 0) is 0 Å². The molecule has 0 bridgehead atoms. The number of ether oxygens (including phenoxy) is 1. The van der Waals surface area contributed by atoms with Gasteiger partial charge in [0, 0.05) is 12.2 Å². The SMILES string of the molecule is COc1ccc(NC2=NCCN2)cc1.I. The van der Waals surface area contributed by atoms with Crippen LogP contribution in [0.2, 0.25) is 0 Å². The molecule has 0 saturated heterocycles. The van der Waals surface area contributed by atoms with E-state index < -0.39 is 0 Å². The average molecular weight is 319 g/mol. The first-order chi connectivity index (χ1) is 6.88. The van der Waals surface area contributed by atoms with E-state index in [1.165, 1.54) is 0 Å². The Hall–Kier alpha value is -0.980. The molecule has 0 aromatic heterocycles. The Morgan fingerprint density at radius 3 is 2.60 bits per heavy atom. The fourth-order valence-electron chi connectivity index (χ4n) is 1.29. The molecule has 0 amide bonds.